The molecule has 0 spiro atoms. The fourth-order valence-electron chi connectivity index (χ4n) is 2.41. The molecule has 0 unspecified atom stereocenters. The summed E-state index contributed by atoms with van der Waals surface area (Å²) < 4.78 is 27.1. The zero-order chi connectivity index (χ0) is 19.3. The van der Waals surface area contributed by atoms with Crippen LogP contribution in [0.4, 0.5) is 0 Å². The fraction of sp³-hybridized carbons (Fsp3) is 0.167. The van der Waals surface area contributed by atoms with Gasteiger partial charge in [-0.15, -0.1) is 11.3 Å². The van der Waals surface area contributed by atoms with Gasteiger partial charge >= 0.3 is 0 Å². The normalized spacial score (nSPS) is 11.4. The van der Waals surface area contributed by atoms with E-state index in [4.69, 9.17) is 5.73 Å². The molecule has 2 aromatic heterocycles. The number of sulfonamides is 1. The second kappa shape index (κ2) is 8.38. The van der Waals surface area contributed by atoms with Gasteiger partial charge in [0.2, 0.25) is 15.9 Å². The second-order valence-corrected chi connectivity index (χ2v) is 8.46. The lowest BCUT2D eigenvalue weighted by atomic mass is 10.2. The molecule has 0 saturated carbocycles. The largest absolute Gasteiger partial charge is 0.366 e. The molecule has 0 aliphatic rings. The summed E-state index contributed by atoms with van der Waals surface area (Å²) in [5, 5.41) is 2.93. The standard InChI is InChI=1S/C18H18N4O3S2/c19-18(23)14-3-5-15(6-4-14)27(24,25)21-9-1-2-17-22-16(12-26-17)13-7-10-20-11-8-13/h3-8,10-12,21H,1-2,9H2,(H2,19,23). The van der Waals surface area contributed by atoms with Gasteiger partial charge in [-0.25, -0.2) is 18.1 Å². The van der Waals surface area contributed by atoms with E-state index in [2.05, 4.69) is 14.7 Å². The minimum absolute atomic E-state index is 0.0988. The molecule has 3 rings (SSSR count). The zero-order valence-corrected chi connectivity index (χ0v) is 16.0. The number of aromatic nitrogens is 2. The molecule has 1 aromatic carbocycles. The number of benzene rings is 1. The third-order valence-corrected chi connectivity index (χ3v) is 6.22. The summed E-state index contributed by atoms with van der Waals surface area (Å²) in [6.07, 6.45) is 4.75. The number of aryl methyl sites for hydroxylation is 1. The van der Waals surface area contributed by atoms with Crippen molar-refractivity contribution in [1.82, 2.24) is 14.7 Å². The van der Waals surface area contributed by atoms with E-state index in [-0.39, 0.29) is 10.5 Å². The highest BCUT2D eigenvalue weighted by atomic mass is 32.2. The number of nitrogens with zero attached hydrogens (tertiary/aromatic N) is 2. The number of primary amides is 1. The van der Waals surface area contributed by atoms with Gasteiger partial charge in [0.05, 0.1) is 15.6 Å². The first-order valence-electron chi connectivity index (χ1n) is 8.20. The number of hydrogen-bond acceptors (Lipinski definition) is 6. The first-order chi connectivity index (χ1) is 13.0. The van der Waals surface area contributed by atoms with Crippen molar-refractivity contribution in [2.75, 3.05) is 6.54 Å². The van der Waals surface area contributed by atoms with Crippen LogP contribution in [0.15, 0.2) is 59.1 Å². The lowest BCUT2D eigenvalue weighted by Crippen LogP contribution is -2.25. The van der Waals surface area contributed by atoms with Crippen molar-refractivity contribution in [1.29, 1.82) is 0 Å². The van der Waals surface area contributed by atoms with Gasteiger partial charge in [0, 0.05) is 41.9 Å². The summed E-state index contributed by atoms with van der Waals surface area (Å²) in [7, 11) is -3.62. The van der Waals surface area contributed by atoms with Crippen molar-refractivity contribution in [2.24, 2.45) is 5.73 Å². The predicted octanol–water partition coefficient (Wildman–Crippen LogP) is 2.22. The van der Waals surface area contributed by atoms with E-state index in [1.54, 1.807) is 23.7 Å². The SMILES string of the molecule is NC(=O)c1ccc(S(=O)(=O)NCCCc2nc(-c3ccncc3)cs2)cc1. The number of hydrogen-bond donors (Lipinski definition) is 2. The van der Waals surface area contributed by atoms with Crippen LogP contribution in [-0.2, 0) is 16.4 Å². The van der Waals surface area contributed by atoms with Crippen molar-refractivity contribution in [3.8, 4) is 11.3 Å². The topological polar surface area (TPSA) is 115 Å². The quantitative estimate of drug-likeness (QED) is 0.561. The molecule has 2 heterocycles. The Hall–Kier alpha value is -2.62. The Morgan fingerprint density at radius 2 is 1.81 bits per heavy atom. The van der Waals surface area contributed by atoms with E-state index >= 15 is 0 Å². The molecule has 0 fully saturated rings. The number of thiazole rings is 1. The minimum Gasteiger partial charge on any atom is -0.366 e. The third kappa shape index (κ3) is 4.97. The Balaban J connectivity index is 1.52. The van der Waals surface area contributed by atoms with Gasteiger partial charge in [-0.05, 0) is 42.8 Å². The Labute approximate surface area is 161 Å². The van der Waals surface area contributed by atoms with E-state index < -0.39 is 15.9 Å². The second-order valence-electron chi connectivity index (χ2n) is 5.75. The maximum Gasteiger partial charge on any atom is 0.248 e. The lowest BCUT2D eigenvalue weighted by Gasteiger charge is -2.06. The average Bonchev–Trinajstić information content (AvgIpc) is 3.15. The van der Waals surface area contributed by atoms with Crippen LogP contribution >= 0.6 is 11.3 Å². The average molecular weight is 403 g/mol. The molecule has 0 bridgehead atoms. The van der Waals surface area contributed by atoms with Crippen molar-refractivity contribution in [3.05, 3.63) is 64.7 Å². The number of nitrogens with one attached hydrogen (secondary N) is 1. The zero-order valence-electron chi connectivity index (χ0n) is 14.3. The molecule has 0 aliphatic heterocycles. The number of carbonyl (C=O) groups excluding carboxylic acids is 1. The highest BCUT2D eigenvalue weighted by Crippen LogP contribution is 2.21. The van der Waals surface area contributed by atoms with Crippen LogP contribution in [0, 0.1) is 0 Å². The van der Waals surface area contributed by atoms with Crippen LogP contribution in [0.25, 0.3) is 11.3 Å². The van der Waals surface area contributed by atoms with Gasteiger partial charge < -0.3 is 5.73 Å². The first-order valence-corrected chi connectivity index (χ1v) is 10.6. The molecular formula is C18H18N4O3S2. The number of nitrogens with two attached hydrogens (primary N) is 1. The van der Waals surface area contributed by atoms with Crippen molar-refractivity contribution in [3.63, 3.8) is 0 Å². The Morgan fingerprint density at radius 1 is 1.11 bits per heavy atom. The number of pyridine rings is 1. The molecule has 27 heavy (non-hydrogen) atoms. The van der Waals surface area contributed by atoms with Crippen LogP contribution in [-0.4, -0.2) is 30.8 Å². The van der Waals surface area contributed by atoms with Gasteiger partial charge in [-0.2, -0.15) is 0 Å². The lowest BCUT2D eigenvalue weighted by molar-refractivity contribution is 0.1000. The monoisotopic (exact) mass is 402 g/mol. The van der Waals surface area contributed by atoms with Crippen LogP contribution in [0.3, 0.4) is 0 Å². The van der Waals surface area contributed by atoms with Gasteiger partial charge in [-0.1, -0.05) is 0 Å². The molecule has 140 valence electrons. The molecule has 0 saturated heterocycles. The maximum atomic E-state index is 12.3. The smallest absolute Gasteiger partial charge is 0.248 e. The molecular weight excluding hydrogens is 384 g/mol. The fourth-order valence-corrected chi connectivity index (χ4v) is 4.33. The van der Waals surface area contributed by atoms with Crippen molar-refractivity contribution >= 4 is 27.3 Å². The van der Waals surface area contributed by atoms with Crippen LogP contribution in [0.5, 0.6) is 0 Å². The first kappa shape index (κ1) is 19.2. The summed E-state index contributed by atoms with van der Waals surface area (Å²) >= 11 is 1.55. The van der Waals surface area contributed by atoms with Crippen LogP contribution in [0.2, 0.25) is 0 Å². The minimum atomic E-state index is -3.62. The van der Waals surface area contributed by atoms with E-state index in [1.807, 2.05) is 17.5 Å². The number of rotatable bonds is 8. The molecule has 3 aromatic rings. The highest BCUT2D eigenvalue weighted by molar-refractivity contribution is 7.89. The predicted molar refractivity (Wildman–Crippen MR) is 104 cm³/mol. The van der Waals surface area contributed by atoms with Crippen molar-refractivity contribution < 1.29 is 13.2 Å². The number of carbonyl (C=O) groups is 1. The molecule has 1 amide bonds. The molecule has 0 radical (unpaired) electrons. The van der Waals surface area contributed by atoms with E-state index in [1.165, 1.54) is 24.3 Å². The van der Waals surface area contributed by atoms with Gasteiger partial charge in [0.1, 0.15) is 0 Å². The van der Waals surface area contributed by atoms with Gasteiger partial charge in [0.15, 0.2) is 0 Å². The summed E-state index contributed by atoms with van der Waals surface area (Å²) in [6, 6.07) is 9.32. The summed E-state index contributed by atoms with van der Waals surface area (Å²) in [6.45, 7) is 0.296. The molecule has 3 N–H and O–H groups in total. The molecule has 7 nitrogen and oxygen atoms in total. The summed E-state index contributed by atoms with van der Waals surface area (Å²) in [4.78, 5) is 19.7. The van der Waals surface area contributed by atoms with Gasteiger partial charge in [-0.3, -0.25) is 9.78 Å². The Morgan fingerprint density at radius 3 is 2.48 bits per heavy atom. The summed E-state index contributed by atoms with van der Waals surface area (Å²) in [5.74, 6) is -0.596. The Bertz CT molecular complexity index is 1020. The van der Waals surface area contributed by atoms with Gasteiger partial charge in [0.25, 0.3) is 0 Å². The van der Waals surface area contributed by atoms with E-state index in [0.29, 0.717) is 19.4 Å². The van der Waals surface area contributed by atoms with Crippen molar-refractivity contribution in [2.45, 2.75) is 17.7 Å². The molecule has 0 atom stereocenters. The summed E-state index contributed by atoms with van der Waals surface area (Å²) in [5.41, 5.74) is 7.32. The third-order valence-electron chi connectivity index (χ3n) is 3.84. The Kier molecular flexibility index (Phi) is 5.94. The van der Waals surface area contributed by atoms with Crippen LogP contribution < -0.4 is 10.5 Å². The van der Waals surface area contributed by atoms with E-state index in [0.717, 1.165) is 16.3 Å². The highest BCUT2D eigenvalue weighted by Gasteiger charge is 2.14. The van der Waals surface area contributed by atoms with E-state index in [9.17, 15) is 13.2 Å². The maximum absolute atomic E-state index is 12.3. The van der Waals surface area contributed by atoms with Crippen LogP contribution in [0.1, 0.15) is 21.8 Å². The number of amides is 1. The molecule has 0 aliphatic carbocycles. The molecule has 9 heteroatoms.